The zero-order valence-corrected chi connectivity index (χ0v) is 13.6. The molecule has 4 nitrogen and oxygen atoms in total. The highest BCUT2D eigenvalue weighted by atomic mass is 32.1. The maximum Gasteiger partial charge on any atom is 0.289 e. The lowest BCUT2D eigenvalue weighted by Gasteiger charge is -2.18. The molecule has 0 atom stereocenters. The minimum atomic E-state index is -0.000684. The summed E-state index contributed by atoms with van der Waals surface area (Å²) in [7, 11) is 0. The number of aromatic nitrogens is 1. The Morgan fingerprint density at radius 3 is 2.61 bits per heavy atom. The number of thiazole rings is 1. The van der Waals surface area contributed by atoms with E-state index < -0.39 is 0 Å². The van der Waals surface area contributed by atoms with Gasteiger partial charge in [0.15, 0.2) is 16.5 Å². The number of likely N-dealkylation sites (tertiary alicyclic amines) is 1. The molecule has 0 unspecified atom stereocenters. The van der Waals surface area contributed by atoms with Crippen LogP contribution in [0.15, 0.2) is 40.8 Å². The number of nitrogens with zero attached hydrogens (tertiary/aromatic N) is 2. The largest absolute Gasteiger partial charge is 0.448 e. The lowest BCUT2D eigenvalue weighted by Crippen LogP contribution is -2.31. The third-order valence-electron chi connectivity index (χ3n) is 4.21. The SMILES string of the molecule is O=C(c1ccc(-c2nc3ccccc3s2)o1)N1CCCCCC1. The number of amides is 1. The van der Waals surface area contributed by atoms with Gasteiger partial charge in [0.25, 0.3) is 5.91 Å². The minimum Gasteiger partial charge on any atom is -0.448 e. The fourth-order valence-electron chi connectivity index (χ4n) is 2.97. The van der Waals surface area contributed by atoms with Crippen LogP contribution in [0.1, 0.15) is 36.2 Å². The molecule has 0 saturated carbocycles. The molecule has 1 aromatic carbocycles. The van der Waals surface area contributed by atoms with Crippen LogP contribution in [0.5, 0.6) is 0 Å². The molecular weight excluding hydrogens is 308 g/mol. The van der Waals surface area contributed by atoms with Gasteiger partial charge in [0, 0.05) is 13.1 Å². The molecule has 5 heteroatoms. The van der Waals surface area contributed by atoms with Gasteiger partial charge in [-0.2, -0.15) is 0 Å². The smallest absolute Gasteiger partial charge is 0.289 e. The van der Waals surface area contributed by atoms with Crippen molar-refractivity contribution in [3.8, 4) is 10.8 Å². The number of rotatable bonds is 2. The van der Waals surface area contributed by atoms with Gasteiger partial charge in [-0.15, -0.1) is 11.3 Å². The van der Waals surface area contributed by atoms with Crippen molar-refractivity contribution in [2.45, 2.75) is 25.7 Å². The van der Waals surface area contributed by atoms with Gasteiger partial charge in [-0.05, 0) is 37.1 Å². The topological polar surface area (TPSA) is 46.3 Å². The normalized spacial score (nSPS) is 15.7. The average molecular weight is 326 g/mol. The minimum absolute atomic E-state index is 0.000684. The summed E-state index contributed by atoms with van der Waals surface area (Å²) in [6, 6.07) is 11.6. The zero-order valence-electron chi connectivity index (χ0n) is 12.8. The second-order valence-corrected chi connectivity index (χ2v) is 6.89. The molecular formula is C18H18N2O2S. The van der Waals surface area contributed by atoms with Crippen molar-refractivity contribution >= 4 is 27.5 Å². The van der Waals surface area contributed by atoms with Crippen LogP contribution in [0.25, 0.3) is 21.0 Å². The van der Waals surface area contributed by atoms with E-state index in [0.29, 0.717) is 11.5 Å². The van der Waals surface area contributed by atoms with Crippen LogP contribution in [-0.4, -0.2) is 28.9 Å². The van der Waals surface area contributed by atoms with E-state index in [2.05, 4.69) is 4.98 Å². The van der Waals surface area contributed by atoms with Crippen LogP contribution in [-0.2, 0) is 0 Å². The molecule has 3 aromatic rings. The summed E-state index contributed by atoms with van der Waals surface area (Å²) in [4.78, 5) is 19.1. The molecule has 1 amide bonds. The summed E-state index contributed by atoms with van der Waals surface area (Å²) in [5.41, 5.74) is 0.962. The first-order chi connectivity index (χ1) is 11.3. The second-order valence-electron chi connectivity index (χ2n) is 5.86. The molecule has 1 fully saturated rings. The molecule has 3 heterocycles. The van der Waals surface area contributed by atoms with Crippen LogP contribution in [0, 0.1) is 0 Å². The molecule has 2 aromatic heterocycles. The van der Waals surface area contributed by atoms with E-state index in [9.17, 15) is 4.79 Å². The fraction of sp³-hybridized carbons (Fsp3) is 0.333. The Hall–Kier alpha value is -2.14. The number of carbonyl (C=O) groups excluding carboxylic acids is 1. The van der Waals surface area contributed by atoms with Gasteiger partial charge in [0.1, 0.15) is 0 Å². The van der Waals surface area contributed by atoms with Crippen molar-refractivity contribution in [1.82, 2.24) is 9.88 Å². The molecule has 1 saturated heterocycles. The second kappa shape index (κ2) is 6.16. The first kappa shape index (κ1) is 14.5. The van der Waals surface area contributed by atoms with Gasteiger partial charge < -0.3 is 9.32 Å². The monoisotopic (exact) mass is 326 g/mol. The lowest BCUT2D eigenvalue weighted by atomic mass is 10.2. The highest BCUT2D eigenvalue weighted by Crippen LogP contribution is 2.31. The Balaban J connectivity index is 1.59. The van der Waals surface area contributed by atoms with Gasteiger partial charge in [0.05, 0.1) is 10.2 Å². The Kier molecular flexibility index (Phi) is 3.87. The highest BCUT2D eigenvalue weighted by molar-refractivity contribution is 7.21. The molecule has 0 spiro atoms. The van der Waals surface area contributed by atoms with Crippen molar-refractivity contribution in [3.63, 3.8) is 0 Å². The molecule has 1 aliphatic heterocycles. The van der Waals surface area contributed by atoms with Gasteiger partial charge in [-0.3, -0.25) is 4.79 Å². The lowest BCUT2D eigenvalue weighted by molar-refractivity contribution is 0.0730. The molecule has 0 aliphatic carbocycles. The van der Waals surface area contributed by atoms with E-state index in [0.717, 1.165) is 41.2 Å². The number of para-hydroxylation sites is 1. The van der Waals surface area contributed by atoms with Crippen LogP contribution in [0.4, 0.5) is 0 Å². The molecule has 4 rings (SSSR count). The van der Waals surface area contributed by atoms with Gasteiger partial charge in [0.2, 0.25) is 0 Å². The highest BCUT2D eigenvalue weighted by Gasteiger charge is 2.21. The number of furan rings is 1. The summed E-state index contributed by atoms with van der Waals surface area (Å²) in [6.45, 7) is 1.66. The van der Waals surface area contributed by atoms with Crippen LogP contribution in [0.3, 0.4) is 0 Å². The predicted molar refractivity (Wildman–Crippen MR) is 91.7 cm³/mol. The van der Waals surface area contributed by atoms with Crippen LogP contribution < -0.4 is 0 Å². The van der Waals surface area contributed by atoms with Gasteiger partial charge in [-0.25, -0.2) is 4.98 Å². The predicted octanol–water partition coefficient (Wildman–Crippen LogP) is 4.57. The zero-order chi connectivity index (χ0) is 15.6. The fourth-order valence-corrected chi connectivity index (χ4v) is 3.90. The molecule has 118 valence electrons. The Bertz CT molecular complexity index is 795. The first-order valence-electron chi connectivity index (χ1n) is 8.06. The molecule has 1 aliphatic rings. The van der Waals surface area contributed by atoms with E-state index in [1.54, 1.807) is 17.4 Å². The van der Waals surface area contributed by atoms with E-state index in [1.165, 1.54) is 12.8 Å². The summed E-state index contributed by atoms with van der Waals surface area (Å²) >= 11 is 1.58. The van der Waals surface area contributed by atoms with Crippen molar-refractivity contribution in [3.05, 3.63) is 42.2 Å². The third-order valence-corrected chi connectivity index (χ3v) is 5.27. The first-order valence-corrected chi connectivity index (χ1v) is 8.88. The summed E-state index contributed by atoms with van der Waals surface area (Å²) in [5, 5.41) is 0.820. The maximum absolute atomic E-state index is 12.6. The van der Waals surface area contributed by atoms with Gasteiger partial charge in [-0.1, -0.05) is 25.0 Å². The van der Waals surface area contributed by atoms with Crippen molar-refractivity contribution in [2.75, 3.05) is 13.1 Å². The number of carbonyl (C=O) groups is 1. The Morgan fingerprint density at radius 2 is 1.83 bits per heavy atom. The maximum atomic E-state index is 12.6. The third kappa shape index (κ3) is 2.88. The van der Waals surface area contributed by atoms with Crippen molar-refractivity contribution in [1.29, 1.82) is 0 Å². The molecule has 23 heavy (non-hydrogen) atoms. The van der Waals surface area contributed by atoms with Crippen LogP contribution >= 0.6 is 11.3 Å². The number of hydrogen-bond donors (Lipinski definition) is 0. The number of hydrogen-bond acceptors (Lipinski definition) is 4. The molecule has 0 radical (unpaired) electrons. The molecule has 0 bridgehead atoms. The average Bonchev–Trinajstić information content (AvgIpc) is 3.14. The Morgan fingerprint density at radius 1 is 1.04 bits per heavy atom. The van der Waals surface area contributed by atoms with Crippen molar-refractivity contribution < 1.29 is 9.21 Å². The van der Waals surface area contributed by atoms with E-state index in [-0.39, 0.29) is 5.91 Å². The van der Waals surface area contributed by atoms with E-state index in [4.69, 9.17) is 4.42 Å². The van der Waals surface area contributed by atoms with Gasteiger partial charge >= 0.3 is 0 Å². The van der Waals surface area contributed by atoms with Crippen LogP contribution in [0.2, 0.25) is 0 Å². The summed E-state index contributed by atoms with van der Waals surface area (Å²) in [5.74, 6) is 1.09. The summed E-state index contributed by atoms with van der Waals surface area (Å²) in [6.07, 6.45) is 4.58. The number of benzene rings is 1. The quantitative estimate of drug-likeness (QED) is 0.693. The standard InChI is InChI=1S/C18H18N2O2S/c21-18(20-11-5-1-2-6-12-20)15-10-9-14(22-15)17-19-13-7-3-4-8-16(13)23-17/h3-4,7-10H,1-2,5-6,11-12H2. The molecule has 0 N–H and O–H groups in total. The Labute approximate surface area is 138 Å². The van der Waals surface area contributed by atoms with Crippen molar-refractivity contribution in [2.24, 2.45) is 0 Å². The number of fused-ring (bicyclic) bond motifs is 1. The summed E-state index contributed by atoms with van der Waals surface area (Å²) < 4.78 is 6.94. The van der Waals surface area contributed by atoms with E-state index >= 15 is 0 Å². The van der Waals surface area contributed by atoms with E-state index in [1.807, 2.05) is 35.2 Å².